The Labute approximate surface area is 116 Å². The average Bonchev–Trinajstić information content (AvgIpc) is 2.87. The molecular formula is C16H27NO2. The van der Waals surface area contributed by atoms with Crippen LogP contribution in [0.4, 0.5) is 0 Å². The van der Waals surface area contributed by atoms with Gasteiger partial charge in [0.15, 0.2) is 0 Å². The van der Waals surface area contributed by atoms with E-state index in [9.17, 15) is 5.11 Å². The fourth-order valence-electron chi connectivity index (χ4n) is 2.93. The molecule has 108 valence electrons. The van der Waals surface area contributed by atoms with Crippen molar-refractivity contribution in [3.8, 4) is 0 Å². The minimum absolute atomic E-state index is 0.508. The number of furan rings is 1. The van der Waals surface area contributed by atoms with E-state index in [0.717, 1.165) is 49.5 Å². The van der Waals surface area contributed by atoms with Crippen LogP contribution in [0.15, 0.2) is 16.5 Å². The molecule has 1 aliphatic rings. The van der Waals surface area contributed by atoms with Gasteiger partial charge in [0.1, 0.15) is 11.5 Å². The van der Waals surface area contributed by atoms with Crippen molar-refractivity contribution in [3.05, 3.63) is 23.7 Å². The van der Waals surface area contributed by atoms with E-state index >= 15 is 0 Å². The molecule has 3 nitrogen and oxygen atoms in total. The molecule has 0 spiro atoms. The molecule has 1 fully saturated rings. The van der Waals surface area contributed by atoms with E-state index < -0.39 is 5.60 Å². The molecule has 0 saturated heterocycles. The van der Waals surface area contributed by atoms with Gasteiger partial charge in [-0.15, -0.1) is 0 Å². The monoisotopic (exact) mass is 265 g/mol. The lowest BCUT2D eigenvalue weighted by molar-refractivity contribution is -0.00907. The molecule has 0 unspecified atom stereocenters. The van der Waals surface area contributed by atoms with Crippen molar-refractivity contribution in [1.29, 1.82) is 0 Å². The predicted molar refractivity (Wildman–Crippen MR) is 77.0 cm³/mol. The molecule has 1 aromatic rings. The molecule has 0 atom stereocenters. The Kier molecular flexibility index (Phi) is 5.06. The second-order valence-corrected chi connectivity index (χ2v) is 5.90. The Bertz CT molecular complexity index is 378. The smallest absolute Gasteiger partial charge is 0.117 e. The second-order valence-electron chi connectivity index (χ2n) is 5.90. The third-order valence-corrected chi connectivity index (χ3v) is 4.43. The van der Waals surface area contributed by atoms with Gasteiger partial charge in [-0.05, 0) is 43.7 Å². The van der Waals surface area contributed by atoms with Crippen molar-refractivity contribution in [1.82, 2.24) is 5.32 Å². The first kappa shape index (κ1) is 14.6. The van der Waals surface area contributed by atoms with Crippen LogP contribution in [0.1, 0.15) is 57.5 Å². The van der Waals surface area contributed by atoms with Gasteiger partial charge in [0.25, 0.3) is 0 Å². The van der Waals surface area contributed by atoms with Crippen LogP contribution >= 0.6 is 0 Å². The molecule has 3 heteroatoms. The first-order valence-corrected chi connectivity index (χ1v) is 7.66. The molecule has 0 radical (unpaired) electrons. The van der Waals surface area contributed by atoms with E-state index in [2.05, 4.69) is 19.2 Å². The van der Waals surface area contributed by atoms with Crippen LogP contribution in [0, 0.1) is 5.92 Å². The zero-order valence-electron chi connectivity index (χ0n) is 12.2. The summed E-state index contributed by atoms with van der Waals surface area (Å²) in [5.41, 5.74) is -0.508. The summed E-state index contributed by atoms with van der Waals surface area (Å²) in [4.78, 5) is 0. The molecular weight excluding hydrogens is 238 g/mol. The molecule has 0 aliphatic heterocycles. The molecule has 1 aliphatic carbocycles. The Morgan fingerprint density at radius 1 is 1.26 bits per heavy atom. The van der Waals surface area contributed by atoms with Crippen molar-refractivity contribution in [2.24, 2.45) is 5.92 Å². The van der Waals surface area contributed by atoms with Crippen LogP contribution in [0.2, 0.25) is 0 Å². The van der Waals surface area contributed by atoms with E-state index in [1.807, 2.05) is 12.1 Å². The van der Waals surface area contributed by atoms with Crippen molar-refractivity contribution in [2.75, 3.05) is 6.54 Å². The Balaban J connectivity index is 1.73. The van der Waals surface area contributed by atoms with E-state index in [-0.39, 0.29) is 0 Å². The van der Waals surface area contributed by atoms with Gasteiger partial charge in [-0.1, -0.05) is 20.3 Å². The van der Waals surface area contributed by atoms with E-state index in [4.69, 9.17) is 4.42 Å². The SMILES string of the molecule is CCc1ccc(CNCC2(O)CCC(CC)CC2)o1. The Morgan fingerprint density at radius 3 is 2.53 bits per heavy atom. The fourth-order valence-corrected chi connectivity index (χ4v) is 2.93. The minimum atomic E-state index is -0.508. The number of nitrogens with one attached hydrogen (secondary N) is 1. The number of rotatable bonds is 6. The first-order chi connectivity index (χ1) is 9.15. The maximum absolute atomic E-state index is 10.5. The Hall–Kier alpha value is -0.800. The average molecular weight is 265 g/mol. The van der Waals surface area contributed by atoms with Crippen LogP contribution in [-0.4, -0.2) is 17.3 Å². The molecule has 1 heterocycles. The predicted octanol–water partition coefficient (Wildman–Crippen LogP) is 3.26. The van der Waals surface area contributed by atoms with Crippen LogP contribution in [0.5, 0.6) is 0 Å². The molecule has 19 heavy (non-hydrogen) atoms. The maximum atomic E-state index is 10.5. The molecule has 1 aromatic heterocycles. The van der Waals surface area contributed by atoms with Crippen molar-refractivity contribution >= 4 is 0 Å². The lowest BCUT2D eigenvalue weighted by Gasteiger charge is -2.35. The number of aryl methyl sites for hydroxylation is 1. The highest BCUT2D eigenvalue weighted by Gasteiger charge is 2.32. The highest BCUT2D eigenvalue weighted by Crippen LogP contribution is 2.33. The van der Waals surface area contributed by atoms with Gasteiger partial charge in [0.2, 0.25) is 0 Å². The van der Waals surface area contributed by atoms with E-state index in [0.29, 0.717) is 13.1 Å². The van der Waals surface area contributed by atoms with Gasteiger partial charge in [-0.2, -0.15) is 0 Å². The zero-order valence-corrected chi connectivity index (χ0v) is 12.2. The van der Waals surface area contributed by atoms with E-state index in [1.165, 1.54) is 6.42 Å². The van der Waals surface area contributed by atoms with Gasteiger partial charge in [-0.3, -0.25) is 0 Å². The number of hydrogen-bond acceptors (Lipinski definition) is 3. The van der Waals surface area contributed by atoms with E-state index in [1.54, 1.807) is 0 Å². The highest BCUT2D eigenvalue weighted by atomic mass is 16.3. The van der Waals surface area contributed by atoms with Gasteiger partial charge < -0.3 is 14.8 Å². The summed E-state index contributed by atoms with van der Waals surface area (Å²) < 4.78 is 5.65. The third kappa shape index (κ3) is 4.08. The summed E-state index contributed by atoms with van der Waals surface area (Å²) >= 11 is 0. The van der Waals surface area contributed by atoms with Gasteiger partial charge in [0.05, 0.1) is 12.1 Å². The fraction of sp³-hybridized carbons (Fsp3) is 0.750. The van der Waals surface area contributed by atoms with Crippen LogP contribution in [0.3, 0.4) is 0 Å². The molecule has 0 amide bonds. The molecule has 1 saturated carbocycles. The summed E-state index contributed by atoms with van der Waals surface area (Å²) in [6, 6.07) is 4.04. The van der Waals surface area contributed by atoms with Crippen molar-refractivity contribution in [3.63, 3.8) is 0 Å². The van der Waals surface area contributed by atoms with Gasteiger partial charge in [0, 0.05) is 13.0 Å². The first-order valence-electron chi connectivity index (χ1n) is 7.66. The summed E-state index contributed by atoms with van der Waals surface area (Å²) in [5.74, 6) is 2.80. The van der Waals surface area contributed by atoms with Crippen LogP contribution in [-0.2, 0) is 13.0 Å². The molecule has 2 rings (SSSR count). The van der Waals surface area contributed by atoms with Crippen LogP contribution < -0.4 is 5.32 Å². The lowest BCUT2D eigenvalue weighted by atomic mass is 9.78. The highest BCUT2D eigenvalue weighted by molar-refractivity contribution is 5.06. The molecule has 0 aromatic carbocycles. The normalized spacial score (nSPS) is 27.6. The van der Waals surface area contributed by atoms with Crippen LogP contribution in [0.25, 0.3) is 0 Å². The zero-order chi connectivity index (χ0) is 13.7. The summed E-state index contributed by atoms with van der Waals surface area (Å²) in [7, 11) is 0. The maximum Gasteiger partial charge on any atom is 0.117 e. The summed E-state index contributed by atoms with van der Waals surface area (Å²) in [5, 5.41) is 13.9. The second kappa shape index (κ2) is 6.58. The lowest BCUT2D eigenvalue weighted by Crippen LogP contribution is -2.43. The number of aliphatic hydroxyl groups is 1. The minimum Gasteiger partial charge on any atom is -0.465 e. The van der Waals surface area contributed by atoms with Crippen molar-refractivity contribution < 1.29 is 9.52 Å². The Morgan fingerprint density at radius 2 is 1.95 bits per heavy atom. The molecule has 0 bridgehead atoms. The largest absolute Gasteiger partial charge is 0.465 e. The quantitative estimate of drug-likeness (QED) is 0.830. The van der Waals surface area contributed by atoms with Gasteiger partial charge in [-0.25, -0.2) is 0 Å². The summed E-state index contributed by atoms with van der Waals surface area (Å²) in [6.07, 6.45) is 6.36. The number of hydrogen-bond donors (Lipinski definition) is 2. The standard InChI is InChI=1S/C16H27NO2/c1-3-13-7-9-16(18,10-8-13)12-17-11-15-6-5-14(4-2)19-15/h5-6,13,17-18H,3-4,7-12H2,1-2H3. The topological polar surface area (TPSA) is 45.4 Å². The third-order valence-electron chi connectivity index (χ3n) is 4.43. The van der Waals surface area contributed by atoms with Gasteiger partial charge >= 0.3 is 0 Å². The summed E-state index contributed by atoms with van der Waals surface area (Å²) in [6.45, 7) is 5.71. The van der Waals surface area contributed by atoms with Crippen molar-refractivity contribution in [2.45, 2.75) is 64.5 Å². The molecule has 2 N–H and O–H groups in total.